The Balaban J connectivity index is 2.27. The van der Waals surface area contributed by atoms with Crippen molar-refractivity contribution in [1.29, 1.82) is 0 Å². The molecule has 0 saturated heterocycles. The van der Waals surface area contributed by atoms with Crippen molar-refractivity contribution < 1.29 is 9.72 Å². The molecular formula is C11H8N4O3. The van der Waals surface area contributed by atoms with Gasteiger partial charge in [-0.05, 0) is 12.1 Å². The summed E-state index contributed by atoms with van der Waals surface area (Å²) in [6.07, 6.45) is 2.73. The SMILES string of the molecule is O=C(Nc1ccncn1)c1ccccc1[N+](=O)[O-]. The van der Waals surface area contributed by atoms with Crippen LogP contribution < -0.4 is 5.32 Å². The average molecular weight is 244 g/mol. The van der Waals surface area contributed by atoms with Crippen LogP contribution in [0.2, 0.25) is 0 Å². The van der Waals surface area contributed by atoms with Gasteiger partial charge in [-0.3, -0.25) is 14.9 Å². The molecule has 1 heterocycles. The van der Waals surface area contributed by atoms with E-state index < -0.39 is 10.8 Å². The molecule has 18 heavy (non-hydrogen) atoms. The van der Waals surface area contributed by atoms with Crippen LogP contribution in [0.5, 0.6) is 0 Å². The molecule has 0 aliphatic heterocycles. The van der Waals surface area contributed by atoms with E-state index in [4.69, 9.17) is 0 Å². The minimum Gasteiger partial charge on any atom is -0.306 e. The van der Waals surface area contributed by atoms with Crippen molar-refractivity contribution in [1.82, 2.24) is 9.97 Å². The van der Waals surface area contributed by atoms with Crippen molar-refractivity contribution in [3.63, 3.8) is 0 Å². The first-order valence-corrected chi connectivity index (χ1v) is 4.99. The number of hydrogen-bond acceptors (Lipinski definition) is 5. The number of benzene rings is 1. The topological polar surface area (TPSA) is 98.0 Å². The van der Waals surface area contributed by atoms with Crippen LogP contribution in [0.3, 0.4) is 0 Å². The molecule has 2 rings (SSSR count). The van der Waals surface area contributed by atoms with E-state index in [0.717, 1.165) is 0 Å². The van der Waals surface area contributed by atoms with E-state index in [1.807, 2.05) is 0 Å². The fraction of sp³-hybridized carbons (Fsp3) is 0. The molecule has 1 aromatic carbocycles. The first-order valence-electron chi connectivity index (χ1n) is 4.99. The molecule has 0 saturated carbocycles. The Kier molecular flexibility index (Phi) is 3.24. The molecule has 0 unspecified atom stereocenters. The Bertz CT molecular complexity index is 586. The summed E-state index contributed by atoms with van der Waals surface area (Å²) in [6.45, 7) is 0. The number of amides is 1. The molecule has 1 aromatic heterocycles. The maximum Gasteiger partial charge on any atom is 0.282 e. The van der Waals surface area contributed by atoms with Gasteiger partial charge in [0.05, 0.1) is 4.92 Å². The van der Waals surface area contributed by atoms with Crippen LogP contribution >= 0.6 is 0 Å². The lowest BCUT2D eigenvalue weighted by atomic mass is 10.1. The number of nitrogens with one attached hydrogen (secondary N) is 1. The van der Waals surface area contributed by atoms with Crippen LogP contribution in [0, 0.1) is 10.1 Å². The van der Waals surface area contributed by atoms with Crippen molar-refractivity contribution in [2.45, 2.75) is 0 Å². The molecule has 0 fully saturated rings. The molecule has 1 amide bonds. The second-order valence-corrected chi connectivity index (χ2v) is 3.32. The van der Waals surface area contributed by atoms with Crippen LogP contribution in [0.4, 0.5) is 11.5 Å². The number of nitrogens with zero attached hydrogens (tertiary/aromatic N) is 3. The van der Waals surface area contributed by atoms with Crippen LogP contribution in [-0.4, -0.2) is 20.8 Å². The van der Waals surface area contributed by atoms with E-state index in [9.17, 15) is 14.9 Å². The normalized spacial score (nSPS) is 9.78. The van der Waals surface area contributed by atoms with Crippen LogP contribution in [0.15, 0.2) is 42.9 Å². The highest BCUT2D eigenvalue weighted by Gasteiger charge is 2.19. The predicted molar refractivity (Wildman–Crippen MR) is 63.1 cm³/mol. The highest BCUT2D eigenvalue weighted by atomic mass is 16.6. The third-order valence-electron chi connectivity index (χ3n) is 2.17. The van der Waals surface area contributed by atoms with Gasteiger partial charge < -0.3 is 5.32 Å². The molecule has 0 radical (unpaired) electrons. The Morgan fingerprint density at radius 1 is 1.28 bits per heavy atom. The number of carbonyl (C=O) groups excluding carboxylic acids is 1. The molecule has 0 aliphatic rings. The highest BCUT2D eigenvalue weighted by Crippen LogP contribution is 2.18. The van der Waals surface area contributed by atoms with Gasteiger partial charge >= 0.3 is 0 Å². The van der Waals surface area contributed by atoms with Gasteiger partial charge in [-0.1, -0.05) is 12.1 Å². The smallest absolute Gasteiger partial charge is 0.282 e. The molecule has 2 aromatic rings. The molecule has 90 valence electrons. The number of hydrogen-bond donors (Lipinski definition) is 1. The summed E-state index contributed by atoms with van der Waals surface area (Å²) in [4.78, 5) is 29.5. The van der Waals surface area contributed by atoms with E-state index >= 15 is 0 Å². The van der Waals surface area contributed by atoms with Gasteiger partial charge in [0.25, 0.3) is 11.6 Å². The summed E-state index contributed by atoms with van der Waals surface area (Å²) < 4.78 is 0. The third-order valence-corrected chi connectivity index (χ3v) is 2.17. The summed E-state index contributed by atoms with van der Waals surface area (Å²) >= 11 is 0. The Labute approximate surface area is 102 Å². The van der Waals surface area contributed by atoms with Gasteiger partial charge in [0, 0.05) is 12.3 Å². The van der Waals surface area contributed by atoms with Gasteiger partial charge in [0.15, 0.2) is 0 Å². The van der Waals surface area contributed by atoms with E-state index in [1.54, 1.807) is 6.07 Å². The molecule has 1 N–H and O–H groups in total. The van der Waals surface area contributed by atoms with Gasteiger partial charge in [0.2, 0.25) is 0 Å². The van der Waals surface area contributed by atoms with E-state index in [0.29, 0.717) is 0 Å². The first-order chi connectivity index (χ1) is 8.68. The predicted octanol–water partition coefficient (Wildman–Crippen LogP) is 1.64. The summed E-state index contributed by atoms with van der Waals surface area (Å²) in [7, 11) is 0. The highest BCUT2D eigenvalue weighted by molar-refractivity contribution is 6.06. The lowest BCUT2D eigenvalue weighted by Gasteiger charge is -2.04. The maximum absolute atomic E-state index is 11.9. The molecule has 7 nitrogen and oxygen atoms in total. The number of anilines is 1. The van der Waals surface area contributed by atoms with Gasteiger partial charge in [-0.15, -0.1) is 0 Å². The number of nitro benzene ring substituents is 1. The van der Waals surface area contributed by atoms with Crippen molar-refractivity contribution in [3.05, 3.63) is 58.5 Å². The number of carbonyl (C=O) groups is 1. The standard InChI is InChI=1S/C11H8N4O3/c16-11(14-10-5-6-12-7-13-10)8-3-1-2-4-9(8)15(17)18/h1-7H,(H,12,13,14,16). The maximum atomic E-state index is 11.9. The summed E-state index contributed by atoms with van der Waals surface area (Å²) in [5.74, 6) is -0.297. The zero-order valence-corrected chi connectivity index (χ0v) is 9.11. The fourth-order valence-corrected chi connectivity index (χ4v) is 1.37. The van der Waals surface area contributed by atoms with Gasteiger partial charge in [-0.25, -0.2) is 9.97 Å². The number of aromatic nitrogens is 2. The van der Waals surface area contributed by atoms with Crippen molar-refractivity contribution >= 4 is 17.4 Å². The zero-order chi connectivity index (χ0) is 13.0. The number of nitro groups is 1. The molecular weight excluding hydrogens is 236 g/mol. The lowest BCUT2D eigenvalue weighted by Crippen LogP contribution is -2.14. The molecule has 7 heteroatoms. The van der Waals surface area contributed by atoms with Crippen molar-refractivity contribution in [3.8, 4) is 0 Å². The van der Waals surface area contributed by atoms with Gasteiger partial charge in [0.1, 0.15) is 17.7 Å². The zero-order valence-electron chi connectivity index (χ0n) is 9.11. The Morgan fingerprint density at radius 3 is 2.72 bits per heavy atom. The van der Waals surface area contributed by atoms with Gasteiger partial charge in [-0.2, -0.15) is 0 Å². The molecule has 0 bridgehead atoms. The molecule has 0 atom stereocenters. The van der Waals surface area contributed by atoms with Crippen molar-refractivity contribution in [2.24, 2.45) is 0 Å². The van der Waals surface area contributed by atoms with E-state index in [1.165, 1.54) is 36.8 Å². The largest absolute Gasteiger partial charge is 0.306 e. The molecule has 0 aliphatic carbocycles. The van der Waals surface area contributed by atoms with E-state index in [2.05, 4.69) is 15.3 Å². The minimum absolute atomic E-state index is 0.0129. The second kappa shape index (κ2) is 5.00. The van der Waals surface area contributed by atoms with Crippen LogP contribution in [0.1, 0.15) is 10.4 Å². The number of para-hydroxylation sites is 1. The summed E-state index contributed by atoms with van der Waals surface area (Å²) in [5.41, 5.74) is -0.259. The second-order valence-electron chi connectivity index (χ2n) is 3.32. The first kappa shape index (κ1) is 11.6. The third kappa shape index (κ3) is 2.46. The van der Waals surface area contributed by atoms with Crippen LogP contribution in [0.25, 0.3) is 0 Å². The van der Waals surface area contributed by atoms with Crippen LogP contribution in [-0.2, 0) is 0 Å². The Morgan fingerprint density at radius 2 is 2.06 bits per heavy atom. The van der Waals surface area contributed by atoms with E-state index in [-0.39, 0.29) is 17.1 Å². The average Bonchev–Trinajstić information content (AvgIpc) is 2.40. The number of rotatable bonds is 3. The quantitative estimate of drug-likeness (QED) is 0.653. The lowest BCUT2D eigenvalue weighted by molar-refractivity contribution is -0.385. The summed E-state index contributed by atoms with van der Waals surface area (Å²) in [5, 5.41) is 13.2. The molecule has 0 spiro atoms. The monoisotopic (exact) mass is 244 g/mol. The minimum atomic E-state index is -0.602. The Hall–Kier alpha value is -2.83. The summed E-state index contributed by atoms with van der Waals surface area (Å²) in [6, 6.07) is 7.21. The van der Waals surface area contributed by atoms with Crippen molar-refractivity contribution in [2.75, 3.05) is 5.32 Å². The fourth-order valence-electron chi connectivity index (χ4n) is 1.37.